The van der Waals surface area contributed by atoms with E-state index in [2.05, 4.69) is 53.5 Å². The standard InChI is InChI=1S/C13H22N6/c1-6-11-15-16-12-8-7-10(17-19(11)12)14-9-13(2,3)18(4)5/h7-8H,6,9H2,1-5H3,(H,14,17). The van der Waals surface area contributed by atoms with Crippen molar-refractivity contribution in [3.8, 4) is 0 Å². The van der Waals surface area contributed by atoms with Crippen LogP contribution in [-0.2, 0) is 6.42 Å². The molecule has 19 heavy (non-hydrogen) atoms. The normalized spacial score (nSPS) is 12.3. The molecule has 0 unspecified atom stereocenters. The monoisotopic (exact) mass is 262 g/mol. The third-order valence-electron chi connectivity index (χ3n) is 3.56. The van der Waals surface area contributed by atoms with Crippen LogP contribution in [0.25, 0.3) is 5.65 Å². The van der Waals surface area contributed by atoms with E-state index in [0.717, 1.165) is 30.3 Å². The van der Waals surface area contributed by atoms with E-state index in [-0.39, 0.29) is 5.54 Å². The van der Waals surface area contributed by atoms with E-state index in [9.17, 15) is 0 Å². The molecule has 6 heteroatoms. The first-order valence-electron chi connectivity index (χ1n) is 6.56. The maximum Gasteiger partial charge on any atom is 0.178 e. The minimum atomic E-state index is 0.0669. The Labute approximate surface area is 113 Å². The maximum absolute atomic E-state index is 4.53. The second-order valence-electron chi connectivity index (χ2n) is 5.52. The van der Waals surface area contributed by atoms with Crippen LogP contribution in [0.15, 0.2) is 12.1 Å². The zero-order chi connectivity index (χ0) is 14.0. The highest BCUT2D eigenvalue weighted by molar-refractivity contribution is 5.44. The highest BCUT2D eigenvalue weighted by Crippen LogP contribution is 2.12. The Morgan fingerprint density at radius 2 is 2.00 bits per heavy atom. The number of likely N-dealkylation sites (N-methyl/N-ethyl adjacent to an activating group) is 1. The van der Waals surface area contributed by atoms with Crippen molar-refractivity contribution in [1.82, 2.24) is 24.7 Å². The summed E-state index contributed by atoms with van der Waals surface area (Å²) in [6.07, 6.45) is 0.820. The molecule has 2 aromatic heterocycles. The highest BCUT2D eigenvalue weighted by atomic mass is 15.4. The lowest BCUT2D eigenvalue weighted by atomic mass is 10.0. The van der Waals surface area contributed by atoms with Gasteiger partial charge in [0.1, 0.15) is 5.82 Å². The minimum Gasteiger partial charge on any atom is -0.367 e. The first-order chi connectivity index (χ1) is 8.94. The fraction of sp³-hybridized carbons (Fsp3) is 0.615. The van der Waals surface area contributed by atoms with Crippen molar-refractivity contribution >= 4 is 11.5 Å². The zero-order valence-corrected chi connectivity index (χ0v) is 12.3. The Morgan fingerprint density at radius 1 is 1.26 bits per heavy atom. The van der Waals surface area contributed by atoms with Crippen LogP contribution < -0.4 is 5.32 Å². The quantitative estimate of drug-likeness (QED) is 0.883. The van der Waals surface area contributed by atoms with Gasteiger partial charge in [0.25, 0.3) is 0 Å². The molecule has 0 radical (unpaired) electrons. The van der Waals surface area contributed by atoms with Crippen LogP contribution in [0.2, 0.25) is 0 Å². The summed E-state index contributed by atoms with van der Waals surface area (Å²) in [6, 6.07) is 3.87. The van der Waals surface area contributed by atoms with Gasteiger partial charge in [0.05, 0.1) is 0 Å². The van der Waals surface area contributed by atoms with Crippen LogP contribution in [0.4, 0.5) is 5.82 Å². The molecule has 0 bridgehead atoms. The van der Waals surface area contributed by atoms with Crippen LogP contribution in [0.1, 0.15) is 26.6 Å². The third-order valence-corrected chi connectivity index (χ3v) is 3.56. The van der Waals surface area contributed by atoms with E-state index in [0.29, 0.717) is 0 Å². The van der Waals surface area contributed by atoms with Gasteiger partial charge in [-0.2, -0.15) is 4.52 Å². The maximum atomic E-state index is 4.53. The highest BCUT2D eigenvalue weighted by Gasteiger charge is 2.20. The molecule has 2 rings (SSSR count). The summed E-state index contributed by atoms with van der Waals surface area (Å²) in [6.45, 7) is 7.25. The zero-order valence-electron chi connectivity index (χ0n) is 12.3. The average Bonchev–Trinajstić information content (AvgIpc) is 2.78. The van der Waals surface area contributed by atoms with Crippen LogP contribution in [0, 0.1) is 0 Å². The largest absolute Gasteiger partial charge is 0.367 e. The Balaban J connectivity index is 2.17. The number of aryl methyl sites for hydroxylation is 1. The molecule has 2 heterocycles. The summed E-state index contributed by atoms with van der Waals surface area (Å²) < 4.78 is 1.80. The molecule has 0 saturated heterocycles. The number of hydrogen-bond acceptors (Lipinski definition) is 5. The van der Waals surface area contributed by atoms with Gasteiger partial charge in [-0.1, -0.05) is 6.92 Å². The molecule has 6 nitrogen and oxygen atoms in total. The first kappa shape index (κ1) is 13.7. The van der Waals surface area contributed by atoms with E-state index in [1.807, 2.05) is 19.1 Å². The van der Waals surface area contributed by atoms with E-state index < -0.39 is 0 Å². The van der Waals surface area contributed by atoms with Gasteiger partial charge in [-0.3, -0.25) is 0 Å². The Kier molecular flexibility index (Phi) is 3.71. The van der Waals surface area contributed by atoms with Crippen molar-refractivity contribution in [1.29, 1.82) is 0 Å². The third kappa shape index (κ3) is 2.84. The minimum absolute atomic E-state index is 0.0669. The molecule has 0 aliphatic carbocycles. The van der Waals surface area contributed by atoms with E-state index in [4.69, 9.17) is 0 Å². The second-order valence-corrected chi connectivity index (χ2v) is 5.52. The molecular formula is C13H22N6. The molecule has 2 aromatic rings. The number of anilines is 1. The van der Waals surface area contributed by atoms with Crippen molar-refractivity contribution < 1.29 is 0 Å². The fourth-order valence-electron chi connectivity index (χ4n) is 1.61. The molecule has 0 amide bonds. The molecule has 0 saturated carbocycles. The van der Waals surface area contributed by atoms with Gasteiger partial charge in [-0.25, -0.2) is 0 Å². The van der Waals surface area contributed by atoms with Gasteiger partial charge >= 0.3 is 0 Å². The number of aromatic nitrogens is 4. The molecule has 0 aromatic carbocycles. The lowest BCUT2D eigenvalue weighted by molar-refractivity contribution is 0.210. The van der Waals surface area contributed by atoms with E-state index in [1.165, 1.54) is 0 Å². The first-order valence-corrected chi connectivity index (χ1v) is 6.56. The topological polar surface area (TPSA) is 58.4 Å². The molecule has 0 aliphatic rings. The fourth-order valence-corrected chi connectivity index (χ4v) is 1.61. The number of fused-ring (bicyclic) bond motifs is 1. The van der Waals surface area contributed by atoms with Gasteiger partial charge in [0.15, 0.2) is 11.5 Å². The van der Waals surface area contributed by atoms with Gasteiger partial charge in [0, 0.05) is 18.5 Å². The van der Waals surface area contributed by atoms with E-state index >= 15 is 0 Å². The molecule has 0 atom stereocenters. The van der Waals surface area contributed by atoms with Crippen molar-refractivity contribution in [2.75, 3.05) is 26.0 Å². The van der Waals surface area contributed by atoms with Gasteiger partial charge in [-0.15, -0.1) is 15.3 Å². The molecule has 0 fully saturated rings. The summed E-state index contributed by atoms with van der Waals surface area (Å²) in [5.74, 6) is 1.72. The Hall–Kier alpha value is -1.69. The number of nitrogens with zero attached hydrogens (tertiary/aromatic N) is 5. The summed E-state index contributed by atoms with van der Waals surface area (Å²) >= 11 is 0. The summed E-state index contributed by atoms with van der Waals surface area (Å²) in [7, 11) is 4.15. The Bertz CT molecular complexity index is 557. The predicted octanol–water partition coefficient (Wildman–Crippen LogP) is 1.44. The van der Waals surface area contributed by atoms with E-state index in [1.54, 1.807) is 4.52 Å². The van der Waals surface area contributed by atoms with Crippen LogP contribution >= 0.6 is 0 Å². The summed E-state index contributed by atoms with van der Waals surface area (Å²) in [5.41, 5.74) is 0.853. The molecule has 0 spiro atoms. The van der Waals surface area contributed by atoms with Gasteiger partial charge in [-0.05, 0) is 40.1 Å². The average molecular weight is 262 g/mol. The molecule has 0 aliphatic heterocycles. The van der Waals surface area contributed by atoms with Crippen molar-refractivity contribution in [2.24, 2.45) is 0 Å². The van der Waals surface area contributed by atoms with Crippen LogP contribution in [0.5, 0.6) is 0 Å². The van der Waals surface area contributed by atoms with Crippen molar-refractivity contribution in [3.63, 3.8) is 0 Å². The predicted molar refractivity (Wildman–Crippen MR) is 76.4 cm³/mol. The summed E-state index contributed by atoms with van der Waals surface area (Å²) in [4.78, 5) is 2.19. The Morgan fingerprint density at radius 3 is 2.63 bits per heavy atom. The number of rotatable bonds is 5. The SMILES string of the molecule is CCc1nnc2ccc(NCC(C)(C)N(C)C)nn12. The molecule has 104 valence electrons. The number of hydrogen-bond donors (Lipinski definition) is 1. The molecular weight excluding hydrogens is 240 g/mol. The molecule has 1 N–H and O–H groups in total. The summed E-state index contributed by atoms with van der Waals surface area (Å²) in [5, 5.41) is 16.1. The van der Waals surface area contributed by atoms with Gasteiger partial charge < -0.3 is 10.2 Å². The van der Waals surface area contributed by atoms with Crippen LogP contribution in [0.3, 0.4) is 0 Å². The second kappa shape index (κ2) is 5.13. The van der Waals surface area contributed by atoms with Gasteiger partial charge in [0.2, 0.25) is 0 Å². The van der Waals surface area contributed by atoms with Crippen LogP contribution in [-0.4, -0.2) is 50.9 Å². The van der Waals surface area contributed by atoms with Crippen molar-refractivity contribution in [3.05, 3.63) is 18.0 Å². The lowest BCUT2D eigenvalue weighted by Gasteiger charge is -2.32. The lowest BCUT2D eigenvalue weighted by Crippen LogP contribution is -2.44. The number of nitrogens with one attached hydrogen (secondary N) is 1. The van der Waals surface area contributed by atoms with Crippen molar-refractivity contribution in [2.45, 2.75) is 32.7 Å². The smallest absolute Gasteiger partial charge is 0.178 e.